The Labute approximate surface area is 134 Å². The molecule has 23 heavy (non-hydrogen) atoms. The number of nitrogens with two attached hydrogens (primary N) is 1. The van der Waals surface area contributed by atoms with E-state index in [1.807, 2.05) is 49.4 Å². The molecule has 0 unspecified atom stereocenters. The zero-order valence-corrected chi connectivity index (χ0v) is 12.8. The van der Waals surface area contributed by atoms with Gasteiger partial charge in [0.1, 0.15) is 5.57 Å². The molecule has 1 aliphatic rings. The number of para-hydroxylation sites is 1. The van der Waals surface area contributed by atoms with E-state index in [4.69, 9.17) is 10.5 Å². The van der Waals surface area contributed by atoms with Gasteiger partial charge in [0.15, 0.2) is 0 Å². The molecular formula is C18H17N3O2. The van der Waals surface area contributed by atoms with Gasteiger partial charge in [0.25, 0.3) is 5.91 Å². The number of hydrogen-bond acceptors (Lipinski definition) is 4. The molecule has 0 aromatic heterocycles. The molecule has 2 N–H and O–H groups in total. The molecular weight excluding hydrogens is 290 g/mol. The molecule has 3 rings (SSSR count). The predicted molar refractivity (Wildman–Crippen MR) is 91.8 cm³/mol. The summed E-state index contributed by atoms with van der Waals surface area (Å²) in [5.41, 5.74) is 8.37. The maximum atomic E-state index is 12.7. The highest BCUT2D eigenvalue weighted by molar-refractivity contribution is 6.30. The number of rotatable bonds is 3. The molecule has 0 spiro atoms. The maximum absolute atomic E-state index is 12.7. The van der Waals surface area contributed by atoms with Crippen molar-refractivity contribution in [2.45, 2.75) is 6.92 Å². The largest absolute Gasteiger partial charge is 0.476 e. The standard InChI is InChI=1S/C18H17N3O2/c1-2-23-17-16(12-13-8-10-14(19)11-9-13)18(22)21(20-17)15-6-4-3-5-7-15/h3-12H,2,19H2,1H3/b16-12-. The van der Waals surface area contributed by atoms with Gasteiger partial charge in [-0.3, -0.25) is 4.79 Å². The molecule has 0 aliphatic carbocycles. The van der Waals surface area contributed by atoms with E-state index in [2.05, 4.69) is 5.10 Å². The Morgan fingerprint density at radius 1 is 1.13 bits per heavy atom. The summed E-state index contributed by atoms with van der Waals surface area (Å²) in [5.74, 6) is 0.120. The molecule has 2 aromatic carbocycles. The van der Waals surface area contributed by atoms with Crippen LogP contribution in [0.1, 0.15) is 12.5 Å². The number of hydrazone groups is 1. The van der Waals surface area contributed by atoms with Gasteiger partial charge in [-0.25, -0.2) is 0 Å². The Morgan fingerprint density at radius 2 is 1.83 bits per heavy atom. The summed E-state index contributed by atoms with van der Waals surface area (Å²) in [6.07, 6.45) is 1.76. The van der Waals surface area contributed by atoms with Crippen LogP contribution in [0.4, 0.5) is 11.4 Å². The topological polar surface area (TPSA) is 67.9 Å². The second-order valence-corrected chi connectivity index (χ2v) is 5.02. The molecule has 5 heteroatoms. The SMILES string of the molecule is CCOC1=NN(c2ccccc2)C(=O)/C1=C\c1ccc(N)cc1. The van der Waals surface area contributed by atoms with Crippen molar-refractivity contribution in [2.75, 3.05) is 17.3 Å². The molecule has 0 bridgehead atoms. The van der Waals surface area contributed by atoms with Crippen molar-refractivity contribution < 1.29 is 9.53 Å². The van der Waals surface area contributed by atoms with Crippen LogP contribution >= 0.6 is 0 Å². The third kappa shape index (κ3) is 3.08. The smallest absolute Gasteiger partial charge is 0.284 e. The van der Waals surface area contributed by atoms with E-state index in [0.717, 1.165) is 5.56 Å². The van der Waals surface area contributed by atoms with Crippen molar-refractivity contribution in [3.8, 4) is 0 Å². The van der Waals surface area contributed by atoms with E-state index in [9.17, 15) is 4.79 Å². The monoisotopic (exact) mass is 307 g/mol. The fraction of sp³-hybridized carbons (Fsp3) is 0.111. The summed E-state index contributed by atoms with van der Waals surface area (Å²) in [4.78, 5) is 12.7. The molecule has 2 aromatic rings. The molecule has 0 atom stereocenters. The number of hydrogen-bond donors (Lipinski definition) is 1. The number of carbonyl (C=O) groups is 1. The molecule has 1 heterocycles. The number of ether oxygens (including phenoxy) is 1. The van der Waals surface area contributed by atoms with Crippen molar-refractivity contribution in [3.63, 3.8) is 0 Å². The van der Waals surface area contributed by atoms with E-state index in [1.165, 1.54) is 5.01 Å². The zero-order chi connectivity index (χ0) is 16.2. The van der Waals surface area contributed by atoms with Crippen molar-refractivity contribution in [3.05, 3.63) is 65.7 Å². The average molecular weight is 307 g/mol. The minimum atomic E-state index is -0.212. The molecule has 0 radical (unpaired) electrons. The summed E-state index contributed by atoms with van der Waals surface area (Å²) in [5, 5.41) is 5.66. The fourth-order valence-electron chi connectivity index (χ4n) is 2.27. The van der Waals surface area contributed by atoms with Crippen molar-refractivity contribution in [1.29, 1.82) is 0 Å². The summed E-state index contributed by atoms with van der Waals surface area (Å²) < 4.78 is 5.53. The van der Waals surface area contributed by atoms with Gasteiger partial charge in [0.2, 0.25) is 5.90 Å². The number of nitrogen functional groups attached to an aromatic ring is 1. The minimum absolute atomic E-state index is 0.212. The molecule has 0 fully saturated rings. The van der Waals surface area contributed by atoms with Crippen molar-refractivity contribution in [1.82, 2.24) is 0 Å². The molecule has 1 aliphatic heterocycles. The molecule has 116 valence electrons. The van der Waals surface area contributed by atoms with Crippen LogP contribution in [0.15, 0.2) is 65.3 Å². The van der Waals surface area contributed by atoms with Crippen molar-refractivity contribution in [2.24, 2.45) is 5.10 Å². The first-order chi connectivity index (χ1) is 11.2. The first-order valence-corrected chi connectivity index (χ1v) is 7.37. The number of benzene rings is 2. The van der Waals surface area contributed by atoms with Crippen LogP contribution in [0.25, 0.3) is 6.08 Å². The van der Waals surface area contributed by atoms with E-state index >= 15 is 0 Å². The Bertz CT molecular complexity index is 765. The molecule has 5 nitrogen and oxygen atoms in total. The lowest BCUT2D eigenvalue weighted by atomic mass is 10.1. The van der Waals surface area contributed by atoms with Crippen LogP contribution < -0.4 is 10.7 Å². The number of nitrogens with zero attached hydrogens (tertiary/aromatic N) is 2. The summed E-state index contributed by atoms with van der Waals surface area (Å²) in [6.45, 7) is 2.30. The van der Waals surface area contributed by atoms with E-state index in [0.29, 0.717) is 29.5 Å². The Morgan fingerprint density at radius 3 is 2.48 bits per heavy atom. The first kappa shape index (κ1) is 14.8. The first-order valence-electron chi connectivity index (χ1n) is 7.37. The highest BCUT2D eigenvalue weighted by Gasteiger charge is 2.32. The van der Waals surface area contributed by atoms with E-state index in [1.54, 1.807) is 18.2 Å². The predicted octanol–water partition coefficient (Wildman–Crippen LogP) is 3.05. The zero-order valence-electron chi connectivity index (χ0n) is 12.8. The van der Waals surface area contributed by atoms with Crippen LogP contribution in [0.2, 0.25) is 0 Å². The van der Waals surface area contributed by atoms with E-state index in [-0.39, 0.29) is 5.91 Å². The lowest BCUT2D eigenvalue weighted by molar-refractivity contribution is -0.114. The van der Waals surface area contributed by atoms with Gasteiger partial charge < -0.3 is 10.5 Å². The van der Waals surface area contributed by atoms with Gasteiger partial charge in [0, 0.05) is 5.69 Å². The third-order valence-corrected chi connectivity index (χ3v) is 3.37. The highest BCUT2D eigenvalue weighted by Crippen LogP contribution is 2.25. The average Bonchev–Trinajstić information content (AvgIpc) is 2.87. The summed E-state index contributed by atoms with van der Waals surface area (Å²) in [7, 11) is 0. The third-order valence-electron chi connectivity index (χ3n) is 3.37. The van der Waals surface area contributed by atoms with Crippen LogP contribution in [0.3, 0.4) is 0 Å². The lowest BCUT2D eigenvalue weighted by Crippen LogP contribution is -2.21. The van der Waals surface area contributed by atoms with Crippen molar-refractivity contribution >= 4 is 29.3 Å². The van der Waals surface area contributed by atoms with Gasteiger partial charge >= 0.3 is 0 Å². The number of anilines is 2. The van der Waals surface area contributed by atoms with Crippen LogP contribution in [-0.4, -0.2) is 18.4 Å². The normalized spacial score (nSPS) is 15.9. The maximum Gasteiger partial charge on any atom is 0.284 e. The fourth-order valence-corrected chi connectivity index (χ4v) is 2.27. The highest BCUT2D eigenvalue weighted by atomic mass is 16.5. The molecule has 0 saturated carbocycles. The van der Waals surface area contributed by atoms with Gasteiger partial charge in [0.05, 0.1) is 12.3 Å². The van der Waals surface area contributed by atoms with Crippen LogP contribution in [0, 0.1) is 0 Å². The second kappa shape index (κ2) is 6.36. The minimum Gasteiger partial charge on any atom is -0.476 e. The summed E-state index contributed by atoms with van der Waals surface area (Å²) in [6, 6.07) is 16.6. The second-order valence-electron chi connectivity index (χ2n) is 5.02. The van der Waals surface area contributed by atoms with Crippen LogP contribution in [0.5, 0.6) is 0 Å². The Hall–Kier alpha value is -3.08. The molecule has 0 saturated heterocycles. The Balaban J connectivity index is 1.98. The number of amides is 1. The van der Waals surface area contributed by atoms with Gasteiger partial charge in [-0.2, -0.15) is 5.01 Å². The van der Waals surface area contributed by atoms with Gasteiger partial charge in [-0.05, 0) is 42.8 Å². The summed E-state index contributed by atoms with van der Waals surface area (Å²) >= 11 is 0. The van der Waals surface area contributed by atoms with Gasteiger partial charge in [-0.1, -0.05) is 30.3 Å². The van der Waals surface area contributed by atoms with E-state index < -0.39 is 0 Å². The number of carbonyl (C=O) groups excluding carboxylic acids is 1. The van der Waals surface area contributed by atoms with Crippen LogP contribution in [-0.2, 0) is 9.53 Å². The van der Waals surface area contributed by atoms with Gasteiger partial charge in [-0.15, -0.1) is 5.10 Å². The quantitative estimate of drug-likeness (QED) is 0.700. The molecule has 1 amide bonds. The lowest BCUT2D eigenvalue weighted by Gasteiger charge is -2.10. The Kier molecular flexibility index (Phi) is 4.10.